The van der Waals surface area contributed by atoms with Gasteiger partial charge in [-0.2, -0.15) is 0 Å². The quantitative estimate of drug-likeness (QED) is 0.899. The fourth-order valence-corrected chi connectivity index (χ4v) is 3.79. The predicted molar refractivity (Wildman–Crippen MR) is 80.4 cm³/mol. The summed E-state index contributed by atoms with van der Waals surface area (Å²) in [6, 6.07) is 10.8. The minimum absolute atomic E-state index is 0.181. The van der Waals surface area contributed by atoms with E-state index in [4.69, 9.17) is 5.73 Å². The second kappa shape index (κ2) is 5.21. The molecular weight excluding hydrogens is 248 g/mol. The maximum atomic E-state index is 12.8. The summed E-state index contributed by atoms with van der Waals surface area (Å²) in [4.78, 5) is 14.8. The Kier molecular flexibility index (Phi) is 3.55. The van der Waals surface area contributed by atoms with Crippen LogP contribution in [0.4, 0.5) is 0 Å². The van der Waals surface area contributed by atoms with Gasteiger partial charge in [-0.3, -0.25) is 4.79 Å². The summed E-state index contributed by atoms with van der Waals surface area (Å²) in [6.45, 7) is 2.97. The maximum absolute atomic E-state index is 12.8. The van der Waals surface area contributed by atoms with Gasteiger partial charge in [0.25, 0.3) is 0 Å². The molecule has 1 amide bonds. The monoisotopic (exact) mass is 272 g/mol. The van der Waals surface area contributed by atoms with Crippen LogP contribution in [0.15, 0.2) is 30.3 Å². The maximum Gasteiger partial charge on any atom is 0.242 e. The zero-order valence-corrected chi connectivity index (χ0v) is 12.2. The largest absolute Gasteiger partial charge is 0.338 e. The summed E-state index contributed by atoms with van der Waals surface area (Å²) in [7, 11) is 0. The van der Waals surface area contributed by atoms with Gasteiger partial charge in [-0.25, -0.2) is 0 Å². The molecule has 3 heteroatoms. The van der Waals surface area contributed by atoms with Crippen molar-refractivity contribution < 1.29 is 4.79 Å². The smallest absolute Gasteiger partial charge is 0.242 e. The molecule has 1 heterocycles. The van der Waals surface area contributed by atoms with Gasteiger partial charge >= 0.3 is 0 Å². The minimum Gasteiger partial charge on any atom is -0.338 e. The lowest BCUT2D eigenvalue weighted by atomic mass is 9.96. The van der Waals surface area contributed by atoms with E-state index in [1.165, 1.54) is 5.56 Å². The summed E-state index contributed by atoms with van der Waals surface area (Å²) in [5.74, 6) is 0.640. The lowest BCUT2D eigenvalue weighted by molar-refractivity contribution is -0.137. The van der Waals surface area contributed by atoms with E-state index >= 15 is 0 Å². The van der Waals surface area contributed by atoms with E-state index in [0.29, 0.717) is 12.0 Å². The summed E-state index contributed by atoms with van der Waals surface area (Å²) in [5.41, 5.74) is 7.09. The molecule has 0 spiro atoms. The van der Waals surface area contributed by atoms with Crippen molar-refractivity contribution in [3.63, 3.8) is 0 Å². The molecule has 3 rings (SSSR count). The summed E-state index contributed by atoms with van der Waals surface area (Å²) in [6.07, 6.45) is 4.93. The third kappa shape index (κ3) is 2.35. The molecule has 1 aromatic rings. The highest BCUT2D eigenvalue weighted by Gasteiger charge is 2.44. The lowest BCUT2D eigenvalue weighted by Gasteiger charge is -2.31. The molecule has 1 aromatic carbocycles. The molecule has 20 heavy (non-hydrogen) atoms. The molecule has 0 aromatic heterocycles. The molecule has 2 unspecified atom stereocenters. The van der Waals surface area contributed by atoms with Crippen LogP contribution in [-0.4, -0.2) is 28.9 Å². The number of rotatable bonds is 2. The Hall–Kier alpha value is -1.35. The molecule has 1 saturated carbocycles. The number of nitrogens with zero attached hydrogens (tertiary/aromatic N) is 1. The molecule has 2 fully saturated rings. The molecule has 2 aliphatic rings. The van der Waals surface area contributed by atoms with Crippen LogP contribution in [0.2, 0.25) is 0 Å². The Bertz CT molecular complexity index is 479. The number of hydrogen-bond acceptors (Lipinski definition) is 2. The van der Waals surface area contributed by atoms with Crippen LogP contribution in [0.3, 0.4) is 0 Å². The van der Waals surface area contributed by atoms with E-state index in [2.05, 4.69) is 31.2 Å². The summed E-state index contributed by atoms with van der Waals surface area (Å²) >= 11 is 0. The van der Waals surface area contributed by atoms with Crippen LogP contribution < -0.4 is 5.73 Å². The summed E-state index contributed by atoms with van der Waals surface area (Å²) in [5, 5.41) is 0. The van der Waals surface area contributed by atoms with Crippen molar-refractivity contribution in [2.24, 2.45) is 5.73 Å². The molecule has 0 radical (unpaired) electrons. The third-order valence-electron chi connectivity index (χ3n) is 5.03. The lowest BCUT2D eigenvalue weighted by Crippen LogP contribution is -2.54. The number of amides is 1. The first-order chi connectivity index (χ1) is 9.60. The molecule has 108 valence electrons. The highest BCUT2D eigenvalue weighted by Crippen LogP contribution is 2.36. The fourth-order valence-electron chi connectivity index (χ4n) is 3.79. The minimum atomic E-state index is -0.583. The Balaban J connectivity index is 1.74. The Morgan fingerprint density at radius 1 is 1.25 bits per heavy atom. The van der Waals surface area contributed by atoms with E-state index in [1.807, 2.05) is 11.0 Å². The highest BCUT2D eigenvalue weighted by atomic mass is 16.2. The van der Waals surface area contributed by atoms with Crippen LogP contribution >= 0.6 is 0 Å². The van der Waals surface area contributed by atoms with E-state index < -0.39 is 5.54 Å². The molecule has 2 N–H and O–H groups in total. The van der Waals surface area contributed by atoms with E-state index in [-0.39, 0.29) is 5.91 Å². The number of carbonyl (C=O) groups excluding carboxylic acids is 1. The van der Waals surface area contributed by atoms with E-state index in [0.717, 1.165) is 38.6 Å². The molecule has 1 aliphatic heterocycles. The Labute approximate surface area is 121 Å². The molecule has 1 saturated heterocycles. The normalized spacial score (nSPS) is 28.8. The average molecular weight is 272 g/mol. The van der Waals surface area contributed by atoms with Crippen LogP contribution in [0.1, 0.15) is 50.5 Å². The van der Waals surface area contributed by atoms with Crippen LogP contribution in [-0.2, 0) is 4.79 Å². The number of carbonyl (C=O) groups is 1. The van der Waals surface area contributed by atoms with Crippen molar-refractivity contribution in [3.05, 3.63) is 35.9 Å². The molecule has 0 bridgehead atoms. The molecule has 3 nitrogen and oxygen atoms in total. The van der Waals surface area contributed by atoms with Gasteiger partial charge in [0.1, 0.15) is 0 Å². The average Bonchev–Trinajstić information content (AvgIpc) is 3.06. The van der Waals surface area contributed by atoms with E-state index in [1.54, 1.807) is 0 Å². The van der Waals surface area contributed by atoms with Crippen molar-refractivity contribution in [1.82, 2.24) is 4.90 Å². The zero-order chi connectivity index (χ0) is 14.2. The van der Waals surface area contributed by atoms with Crippen molar-refractivity contribution in [1.29, 1.82) is 0 Å². The number of hydrogen-bond donors (Lipinski definition) is 1. The second-order valence-corrected chi connectivity index (χ2v) is 6.51. The highest BCUT2D eigenvalue weighted by molar-refractivity contribution is 5.87. The van der Waals surface area contributed by atoms with E-state index in [9.17, 15) is 4.79 Å². The van der Waals surface area contributed by atoms with Gasteiger partial charge in [-0.15, -0.1) is 0 Å². The van der Waals surface area contributed by atoms with Gasteiger partial charge in [-0.1, -0.05) is 43.2 Å². The first-order valence-corrected chi connectivity index (χ1v) is 7.75. The first-order valence-electron chi connectivity index (χ1n) is 7.75. The van der Waals surface area contributed by atoms with Gasteiger partial charge in [-0.05, 0) is 31.7 Å². The fraction of sp³-hybridized carbons (Fsp3) is 0.588. The Morgan fingerprint density at radius 2 is 1.90 bits per heavy atom. The molecule has 1 aliphatic carbocycles. The standard InChI is InChI=1S/C17H24N2O/c1-13-11-15(14-7-3-2-4-8-14)12-19(13)16(20)17(18)9-5-6-10-17/h2-4,7-8,13,15H,5-6,9-12,18H2,1H3. The predicted octanol–water partition coefficient (Wildman–Crippen LogP) is 2.66. The molecule has 2 atom stereocenters. The molecular formula is C17H24N2O. The first kappa shape index (κ1) is 13.6. The number of nitrogens with two attached hydrogens (primary N) is 1. The number of benzene rings is 1. The van der Waals surface area contributed by atoms with Gasteiger partial charge < -0.3 is 10.6 Å². The van der Waals surface area contributed by atoms with Crippen molar-refractivity contribution in [3.8, 4) is 0 Å². The third-order valence-corrected chi connectivity index (χ3v) is 5.03. The Morgan fingerprint density at radius 3 is 2.55 bits per heavy atom. The zero-order valence-electron chi connectivity index (χ0n) is 12.2. The van der Waals surface area contributed by atoms with Gasteiger partial charge in [0, 0.05) is 18.5 Å². The van der Waals surface area contributed by atoms with Crippen molar-refractivity contribution >= 4 is 5.91 Å². The van der Waals surface area contributed by atoms with Gasteiger partial charge in [0.2, 0.25) is 5.91 Å². The van der Waals surface area contributed by atoms with Crippen molar-refractivity contribution in [2.75, 3.05) is 6.54 Å². The van der Waals surface area contributed by atoms with Gasteiger partial charge in [0.15, 0.2) is 0 Å². The summed E-state index contributed by atoms with van der Waals surface area (Å²) < 4.78 is 0. The van der Waals surface area contributed by atoms with Crippen LogP contribution in [0, 0.1) is 0 Å². The topological polar surface area (TPSA) is 46.3 Å². The SMILES string of the molecule is CC1CC(c2ccccc2)CN1C(=O)C1(N)CCCC1. The van der Waals surface area contributed by atoms with Crippen LogP contribution in [0.5, 0.6) is 0 Å². The van der Waals surface area contributed by atoms with Crippen LogP contribution in [0.25, 0.3) is 0 Å². The second-order valence-electron chi connectivity index (χ2n) is 6.51. The van der Waals surface area contributed by atoms with Crippen molar-refractivity contribution in [2.45, 2.75) is 56.5 Å². The van der Waals surface area contributed by atoms with Gasteiger partial charge in [0.05, 0.1) is 5.54 Å². The number of likely N-dealkylation sites (tertiary alicyclic amines) is 1.